The normalized spacial score (nSPS) is 15.0. The van der Waals surface area contributed by atoms with Crippen LogP contribution in [0.3, 0.4) is 0 Å². The quantitative estimate of drug-likeness (QED) is 0.609. The minimum absolute atomic E-state index is 0.0342. The van der Waals surface area contributed by atoms with E-state index in [0.29, 0.717) is 12.2 Å². The molecule has 1 saturated heterocycles. The summed E-state index contributed by atoms with van der Waals surface area (Å²) in [5.74, 6) is -1.25. The lowest BCUT2D eigenvalue weighted by Crippen LogP contribution is -2.41. The Hall–Kier alpha value is -3.18. The molecule has 1 atom stereocenters. The van der Waals surface area contributed by atoms with Crippen molar-refractivity contribution in [3.63, 3.8) is 0 Å². The summed E-state index contributed by atoms with van der Waals surface area (Å²) in [6.45, 7) is 6.39. The van der Waals surface area contributed by atoms with Gasteiger partial charge < -0.3 is 10.6 Å². The van der Waals surface area contributed by atoms with Crippen LogP contribution in [0.4, 0.5) is 5.69 Å². The Morgan fingerprint density at radius 3 is 2.42 bits per heavy atom. The summed E-state index contributed by atoms with van der Waals surface area (Å²) >= 11 is 0. The zero-order valence-corrected chi connectivity index (χ0v) is 18.2. The number of amides is 2. The number of carbonyl (C=O) groups is 2. The van der Waals surface area contributed by atoms with Gasteiger partial charge >= 0.3 is 11.8 Å². The van der Waals surface area contributed by atoms with Gasteiger partial charge in [0.25, 0.3) is 0 Å². The van der Waals surface area contributed by atoms with Crippen LogP contribution < -0.4 is 10.6 Å². The molecule has 3 aromatic carbocycles. The summed E-state index contributed by atoms with van der Waals surface area (Å²) in [4.78, 5) is 27.4. The van der Waals surface area contributed by atoms with Crippen LogP contribution in [0.25, 0.3) is 10.8 Å². The summed E-state index contributed by atoms with van der Waals surface area (Å²) in [6, 6.07) is 20.3. The van der Waals surface area contributed by atoms with Gasteiger partial charge in [-0.05, 0) is 79.4 Å². The SMILES string of the molecule is Cc1ccc(NC(=O)C(=O)NCC(c2cccc3ccccc23)N2CCCC2)cc1C. The van der Waals surface area contributed by atoms with Gasteiger partial charge in [0.2, 0.25) is 0 Å². The van der Waals surface area contributed by atoms with Gasteiger partial charge in [-0.3, -0.25) is 14.5 Å². The standard InChI is InChI=1S/C26H29N3O2/c1-18-12-13-21(16-19(18)2)28-26(31)25(30)27-17-24(29-14-5-6-15-29)23-11-7-9-20-8-3-4-10-22(20)23/h3-4,7-13,16,24H,5-6,14-15,17H2,1-2H3,(H,27,30)(H,28,31). The van der Waals surface area contributed by atoms with Gasteiger partial charge in [-0.2, -0.15) is 0 Å². The molecule has 1 aliphatic heterocycles. The van der Waals surface area contributed by atoms with Gasteiger partial charge in [0.15, 0.2) is 0 Å². The number of hydrogen-bond donors (Lipinski definition) is 2. The Bertz CT molecular complexity index is 1100. The van der Waals surface area contributed by atoms with E-state index in [0.717, 1.165) is 37.1 Å². The largest absolute Gasteiger partial charge is 0.346 e. The van der Waals surface area contributed by atoms with Crippen LogP contribution in [-0.2, 0) is 9.59 Å². The fraction of sp³-hybridized carbons (Fsp3) is 0.308. The van der Waals surface area contributed by atoms with Crippen molar-refractivity contribution in [2.75, 3.05) is 25.0 Å². The molecule has 1 fully saturated rings. The Morgan fingerprint density at radius 1 is 0.903 bits per heavy atom. The molecule has 5 nitrogen and oxygen atoms in total. The lowest BCUT2D eigenvalue weighted by Gasteiger charge is -2.29. The lowest BCUT2D eigenvalue weighted by molar-refractivity contribution is -0.136. The molecule has 0 saturated carbocycles. The summed E-state index contributed by atoms with van der Waals surface area (Å²) in [5, 5.41) is 7.96. The van der Waals surface area contributed by atoms with Gasteiger partial charge in [0, 0.05) is 12.2 Å². The number of likely N-dealkylation sites (tertiary alicyclic amines) is 1. The monoisotopic (exact) mass is 415 g/mol. The van der Waals surface area contributed by atoms with Gasteiger partial charge in [-0.25, -0.2) is 0 Å². The van der Waals surface area contributed by atoms with E-state index in [9.17, 15) is 9.59 Å². The minimum Gasteiger partial charge on any atom is -0.346 e. The second-order valence-electron chi connectivity index (χ2n) is 8.29. The van der Waals surface area contributed by atoms with Gasteiger partial charge in [-0.15, -0.1) is 0 Å². The first-order chi connectivity index (χ1) is 15.0. The van der Waals surface area contributed by atoms with Crippen molar-refractivity contribution in [3.8, 4) is 0 Å². The molecule has 0 spiro atoms. The van der Waals surface area contributed by atoms with Crippen LogP contribution in [0.1, 0.15) is 35.6 Å². The van der Waals surface area contributed by atoms with Crippen molar-refractivity contribution in [2.45, 2.75) is 32.7 Å². The summed E-state index contributed by atoms with van der Waals surface area (Å²) in [5.41, 5.74) is 4.04. The van der Waals surface area contributed by atoms with Crippen molar-refractivity contribution >= 4 is 28.3 Å². The molecule has 3 aromatic rings. The zero-order valence-electron chi connectivity index (χ0n) is 18.2. The van der Waals surface area contributed by atoms with E-state index < -0.39 is 11.8 Å². The van der Waals surface area contributed by atoms with E-state index in [-0.39, 0.29) is 6.04 Å². The number of benzene rings is 3. The molecule has 5 heteroatoms. The molecule has 0 bridgehead atoms. The Labute approximate surface area is 183 Å². The molecule has 0 radical (unpaired) electrons. The maximum Gasteiger partial charge on any atom is 0.313 e. The first kappa shape index (κ1) is 21.1. The Morgan fingerprint density at radius 2 is 1.65 bits per heavy atom. The fourth-order valence-corrected chi connectivity index (χ4v) is 4.31. The summed E-state index contributed by atoms with van der Waals surface area (Å²) in [6.07, 6.45) is 2.31. The van der Waals surface area contributed by atoms with Crippen LogP contribution in [0, 0.1) is 13.8 Å². The molecular weight excluding hydrogens is 386 g/mol. The van der Waals surface area contributed by atoms with E-state index in [1.165, 1.54) is 16.3 Å². The number of anilines is 1. The highest BCUT2D eigenvalue weighted by Crippen LogP contribution is 2.30. The molecule has 0 aromatic heterocycles. The van der Waals surface area contributed by atoms with E-state index in [1.807, 2.05) is 44.2 Å². The van der Waals surface area contributed by atoms with Crippen LogP contribution >= 0.6 is 0 Å². The minimum atomic E-state index is -0.638. The maximum atomic E-state index is 12.6. The zero-order chi connectivity index (χ0) is 21.8. The van der Waals surface area contributed by atoms with Crippen molar-refractivity contribution < 1.29 is 9.59 Å². The summed E-state index contributed by atoms with van der Waals surface area (Å²) < 4.78 is 0. The second kappa shape index (κ2) is 9.31. The second-order valence-corrected chi connectivity index (χ2v) is 8.29. The van der Waals surface area contributed by atoms with E-state index in [4.69, 9.17) is 0 Å². The van der Waals surface area contributed by atoms with Crippen LogP contribution in [0.2, 0.25) is 0 Å². The molecule has 0 aliphatic carbocycles. The van der Waals surface area contributed by atoms with Crippen molar-refractivity contribution in [1.82, 2.24) is 10.2 Å². The van der Waals surface area contributed by atoms with Gasteiger partial charge in [-0.1, -0.05) is 48.5 Å². The number of nitrogens with one attached hydrogen (secondary N) is 2. The highest BCUT2D eigenvalue weighted by molar-refractivity contribution is 6.39. The smallest absolute Gasteiger partial charge is 0.313 e. The first-order valence-corrected chi connectivity index (χ1v) is 10.9. The molecule has 2 amide bonds. The highest BCUT2D eigenvalue weighted by atomic mass is 16.2. The Balaban J connectivity index is 1.49. The molecule has 160 valence electrons. The molecule has 1 unspecified atom stereocenters. The maximum absolute atomic E-state index is 12.6. The van der Waals surface area contributed by atoms with Gasteiger partial charge in [0.05, 0.1) is 6.04 Å². The van der Waals surface area contributed by atoms with Crippen LogP contribution in [0.5, 0.6) is 0 Å². The molecule has 4 rings (SSSR count). The predicted molar refractivity (Wildman–Crippen MR) is 125 cm³/mol. The van der Waals surface area contributed by atoms with Crippen molar-refractivity contribution in [3.05, 3.63) is 77.4 Å². The lowest BCUT2D eigenvalue weighted by atomic mass is 9.97. The third-order valence-corrected chi connectivity index (χ3v) is 6.19. The molecule has 31 heavy (non-hydrogen) atoms. The van der Waals surface area contributed by atoms with E-state index in [2.05, 4.69) is 45.9 Å². The van der Waals surface area contributed by atoms with Crippen LogP contribution in [0.15, 0.2) is 60.7 Å². The van der Waals surface area contributed by atoms with E-state index in [1.54, 1.807) is 0 Å². The number of fused-ring (bicyclic) bond motifs is 1. The fourth-order valence-electron chi connectivity index (χ4n) is 4.31. The molecule has 1 heterocycles. The predicted octanol–water partition coefficient (Wildman–Crippen LogP) is 4.35. The van der Waals surface area contributed by atoms with Gasteiger partial charge in [0.1, 0.15) is 0 Å². The number of aryl methyl sites for hydroxylation is 2. The van der Waals surface area contributed by atoms with Crippen molar-refractivity contribution in [2.24, 2.45) is 0 Å². The highest BCUT2D eigenvalue weighted by Gasteiger charge is 2.26. The third-order valence-electron chi connectivity index (χ3n) is 6.19. The topological polar surface area (TPSA) is 61.4 Å². The number of carbonyl (C=O) groups excluding carboxylic acids is 2. The number of nitrogens with zero attached hydrogens (tertiary/aromatic N) is 1. The summed E-state index contributed by atoms with van der Waals surface area (Å²) in [7, 11) is 0. The number of rotatable bonds is 5. The number of hydrogen-bond acceptors (Lipinski definition) is 3. The Kier molecular flexibility index (Phi) is 6.33. The molecular formula is C26H29N3O2. The van der Waals surface area contributed by atoms with Crippen molar-refractivity contribution in [1.29, 1.82) is 0 Å². The average Bonchev–Trinajstić information content (AvgIpc) is 3.31. The third kappa shape index (κ3) is 4.78. The first-order valence-electron chi connectivity index (χ1n) is 10.9. The van der Waals surface area contributed by atoms with E-state index >= 15 is 0 Å². The average molecular weight is 416 g/mol. The van der Waals surface area contributed by atoms with Crippen LogP contribution in [-0.4, -0.2) is 36.3 Å². The molecule has 1 aliphatic rings. The molecule has 2 N–H and O–H groups in total.